The summed E-state index contributed by atoms with van der Waals surface area (Å²) in [6, 6.07) is 15.9. The number of nitrogens with zero attached hydrogens (tertiary/aromatic N) is 1. The fraction of sp³-hybridized carbons (Fsp3) is 0.250. The normalized spacial score (nSPS) is 14.0. The topological polar surface area (TPSA) is 100 Å². The Morgan fingerprint density at radius 2 is 1.71 bits per heavy atom. The molecule has 1 saturated carbocycles. The maximum Gasteiger partial charge on any atom is 0.309 e. The molecule has 158 valence electrons. The minimum Gasteiger partial charge on any atom is -0.348 e. The monoisotopic (exact) mass is 416 g/mol. The number of likely N-dealkylation sites (N-methyl/N-ethyl adjacent to an activating group) is 1. The second kappa shape index (κ2) is 8.55. The maximum atomic E-state index is 13.2. The van der Waals surface area contributed by atoms with E-state index in [-0.39, 0.29) is 12.5 Å². The Morgan fingerprint density at radius 1 is 0.968 bits per heavy atom. The lowest BCUT2D eigenvalue weighted by Gasteiger charge is -2.21. The Bertz CT molecular complexity index is 1150. The van der Waals surface area contributed by atoms with Gasteiger partial charge in [-0.15, -0.1) is 0 Å². The zero-order chi connectivity index (χ0) is 21.8. The smallest absolute Gasteiger partial charge is 0.309 e. The molecule has 31 heavy (non-hydrogen) atoms. The summed E-state index contributed by atoms with van der Waals surface area (Å²) >= 11 is 0. The second-order valence-electron chi connectivity index (χ2n) is 7.64. The Labute approximate surface area is 180 Å². The molecule has 7 heteroatoms. The van der Waals surface area contributed by atoms with E-state index in [0.717, 1.165) is 29.2 Å². The van der Waals surface area contributed by atoms with Crippen molar-refractivity contribution in [2.24, 2.45) is 0 Å². The molecular weight excluding hydrogens is 392 g/mol. The van der Waals surface area contributed by atoms with Gasteiger partial charge in [-0.25, -0.2) is 0 Å². The number of aromatic nitrogens is 1. The van der Waals surface area contributed by atoms with Gasteiger partial charge in [0.25, 0.3) is 5.91 Å². The SMILES string of the molecule is CCNC(=O)C(=O)NCc1cnccc1C(=O)NC1(c2cccc3ccccc23)CC1. The van der Waals surface area contributed by atoms with E-state index < -0.39 is 17.4 Å². The second-order valence-corrected chi connectivity index (χ2v) is 7.64. The van der Waals surface area contributed by atoms with E-state index in [0.29, 0.717) is 17.7 Å². The molecule has 1 aliphatic carbocycles. The van der Waals surface area contributed by atoms with E-state index in [1.165, 1.54) is 6.20 Å². The molecule has 1 heterocycles. The molecule has 1 aromatic heterocycles. The Kier molecular flexibility index (Phi) is 5.66. The first-order valence-electron chi connectivity index (χ1n) is 10.3. The van der Waals surface area contributed by atoms with Gasteiger partial charge in [-0.3, -0.25) is 19.4 Å². The average molecular weight is 416 g/mol. The van der Waals surface area contributed by atoms with Gasteiger partial charge < -0.3 is 16.0 Å². The Balaban J connectivity index is 1.53. The predicted molar refractivity (Wildman–Crippen MR) is 117 cm³/mol. The summed E-state index contributed by atoms with van der Waals surface area (Å²) < 4.78 is 0. The van der Waals surface area contributed by atoms with Crippen LogP contribution in [0.3, 0.4) is 0 Å². The van der Waals surface area contributed by atoms with Crippen molar-refractivity contribution >= 4 is 28.5 Å². The molecule has 0 radical (unpaired) electrons. The minimum absolute atomic E-state index is 0.0355. The molecule has 3 amide bonds. The summed E-state index contributed by atoms with van der Waals surface area (Å²) in [6.45, 7) is 2.13. The molecule has 1 aliphatic rings. The zero-order valence-electron chi connectivity index (χ0n) is 17.3. The van der Waals surface area contributed by atoms with Crippen molar-refractivity contribution in [3.05, 3.63) is 77.6 Å². The van der Waals surface area contributed by atoms with E-state index in [9.17, 15) is 14.4 Å². The summed E-state index contributed by atoms with van der Waals surface area (Å²) in [6.07, 6.45) is 4.80. The first kappa shape index (κ1) is 20.5. The van der Waals surface area contributed by atoms with Crippen molar-refractivity contribution in [2.75, 3.05) is 6.54 Å². The third-order valence-corrected chi connectivity index (χ3v) is 5.54. The van der Waals surface area contributed by atoms with Gasteiger partial charge >= 0.3 is 11.8 Å². The number of fused-ring (bicyclic) bond motifs is 1. The van der Waals surface area contributed by atoms with Crippen LogP contribution in [0.1, 0.15) is 41.3 Å². The van der Waals surface area contributed by atoms with Gasteiger partial charge in [-0.2, -0.15) is 0 Å². The van der Waals surface area contributed by atoms with Crippen molar-refractivity contribution in [1.29, 1.82) is 0 Å². The highest BCUT2D eigenvalue weighted by Crippen LogP contribution is 2.48. The third-order valence-electron chi connectivity index (χ3n) is 5.54. The number of benzene rings is 2. The summed E-state index contributed by atoms with van der Waals surface area (Å²) in [5, 5.41) is 10.5. The van der Waals surface area contributed by atoms with Gasteiger partial charge in [0.05, 0.1) is 5.54 Å². The van der Waals surface area contributed by atoms with Crippen LogP contribution in [0.15, 0.2) is 60.9 Å². The largest absolute Gasteiger partial charge is 0.348 e. The maximum absolute atomic E-state index is 13.2. The van der Waals surface area contributed by atoms with Gasteiger partial charge in [0.15, 0.2) is 0 Å². The summed E-state index contributed by atoms with van der Waals surface area (Å²) in [5.41, 5.74) is 1.69. The number of carbonyl (C=O) groups is 3. The van der Waals surface area contributed by atoms with Crippen LogP contribution in [0, 0.1) is 0 Å². The molecule has 3 N–H and O–H groups in total. The van der Waals surface area contributed by atoms with Crippen LogP contribution in [0.4, 0.5) is 0 Å². The first-order valence-corrected chi connectivity index (χ1v) is 10.3. The van der Waals surface area contributed by atoms with Crippen molar-refractivity contribution < 1.29 is 14.4 Å². The zero-order valence-corrected chi connectivity index (χ0v) is 17.3. The molecule has 1 fully saturated rings. The molecule has 4 rings (SSSR count). The quantitative estimate of drug-likeness (QED) is 0.537. The van der Waals surface area contributed by atoms with E-state index in [4.69, 9.17) is 0 Å². The number of rotatable bonds is 6. The number of nitrogens with one attached hydrogen (secondary N) is 3. The fourth-order valence-electron chi connectivity index (χ4n) is 3.80. The highest BCUT2D eigenvalue weighted by atomic mass is 16.2. The highest BCUT2D eigenvalue weighted by molar-refractivity contribution is 6.35. The van der Waals surface area contributed by atoms with Crippen molar-refractivity contribution in [1.82, 2.24) is 20.9 Å². The lowest BCUT2D eigenvalue weighted by molar-refractivity contribution is -0.139. The predicted octanol–water partition coefficient (Wildman–Crippen LogP) is 2.41. The van der Waals surface area contributed by atoms with Gasteiger partial charge in [0.2, 0.25) is 0 Å². The van der Waals surface area contributed by atoms with Crippen LogP contribution in [-0.4, -0.2) is 29.3 Å². The van der Waals surface area contributed by atoms with Crippen LogP contribution in [0.25, 0.3) is 10.8 Å². The molecule has 0 bridgehead atoms. The molecule has 0 aliphatic heterocycles. The molecular formula is C24H24N4O3. The average Bonchev–Trinajstić information content (AvgIpc) is 3.57. The Hall–Kier alpha value is -3.74. The van der Waals surface area contributed by atoms with Crippen molar-refractivity contribution in [3.63, 3.8) is 0 Å². The van der Waals surface area contributed by atoms with Crippen LogP contribution in [0.5, 0.6) is 0 Å². The minimum atomic E-state index is -0.744. The van der Waals surface area contributed by atoms with Gasteiger partial charge in [-0.1, -0.05) is 42.5 Å². The van der Waals surface area contributed by atoms with Crippen LogP contribution >= 0.6 is 0 Å². The van der Waals surface area contributed by atoms with E-state index in [1.54, 1.807) is 19.2 Å². The molecule has 0 atom stereocenters. The lowest BCUT2D eigenvalue weighted by Crippen LogP contribution is -2.40. The third kappa shape index (κ3) is 4.26. The van der Waals surface area contributed by atoms with Gasteiger partial charge in [-0.05, 0) is 42.2 Å². The van der Waals surface area contributed by atoms with Crippen molar-refractivity contribution in [2.45, 2.75) is 31.8 Å². The first-order chi connectivity index (χ1) is 15.0. The number of amides is 3. The molecule has 3 aromatic rings. The summed E-state index contributed by atoms with van der Waals surface area (Å²) in [7, 11) is 0. The van der Waals surface area contributed by atoms with Gasteiger partial charge in [0.1, 0.15) is 0 Å². The lowest BCUT2D eigenvalue weighted by atomic mass is 9.96. The standard InChI is InChI=1S/C24H24N4O3/c1-2-26-22(30)23(31)27-15-17-14-25-13-10-19(17)21(29)28-24(11-12-24)20-9-5-7-16-6-3-4-8-18(16)20/h3-10,13-14H,2,11-12,15H2,1H3,(H,26,30)(H,27,31)(H,28,29). The number of hydrogen-bond donors (Lipinski definition) is 3. The van der Waals surface area contributed by atoms with Gasteiger partial charge in [0, 0.05) is 36.6 Å². The molecule has 2 aromatic carbocycles. The molecule has 0 saturated heterocycles. The fourth-order valence-corrected chi connectivity index (χ4v) is 3.80. The Morgan fingerprint density at radius 3 is 2.48 bits per heavy atom. The molecule has 0 unspecified atom stereocenters. The summed E-state index contributed by atoms with van der Waals surface area (Å²) in [4.78, 5) is 40.8. The van der Waals surface area contributed by atoms with E-state index in [2.05, 4.69) is 45.2 Å². The molecule has 7 nitrogen and oxygen atoms in total. The number of hydrogen-bond acceptors (Lipinski definition) is 4. The van der Waals surface area contributed by atoms with Crippen LogP contribution in [0.2, 0.25) is 0 Å². The number of carbonyl (C=O) groups excluding carboxylic acids is 3. The van der Waals surface area contributed by atoms with Crippen LogP contribution in [-0.2, 0) is 21.7 Å². The number of pyridine rings is 1. The summed E-state index contributed by atoms with van der Waals surface area (Å²) in [5.74, 6) is -1.67. The van der Waals surface area contributed by atoms with E-state index in [1.807, 2.05) is 18.2 Å². The van der Waals surface area contributed by atoms with E-state index >= 15 is 0 Å². The van der Waals surface area contributed by atoms with Crippen molar-refractivity contribution in [3.8, 4) is 0 Å². The van der Waals surface area contributed by atoms with Crippen LogP contribution < -0.4 is 16.0 Å². The highest BCUT2D eigenvalue weighted by Gasteiger charge is 2.46. The molecule has 0 spiro atoms.